The second kappa shape index (κ2) is 8.88. The summed E-state index contributed by atoms with van der Waals surface area (Å²) in [6.45, 7) is 0.567. The maximum atomic E-state index is 6.03. The van der Waals surface area contributed by atoms with Gasteiger partial charge in [-0.25, -0.2) is 0 Å². The summed E-state index contributed by atoms with van der Waals surface area (Å²) < 4.78 is 6.03. The van der Waals surface area contributed by atoms with E-state index in [0.29, 0.717) is 6.61 Å². The normalized spacial score (nSPS) is 11.1. The SMILES string of the molecule is c1ccc(COc2ccc(-c3c4ccccc4c(-c4ccccc4)c4ccccc34)cc2)cc1. The molecule has 6 rings (SSSR count). The zero-order valence-electron chi connectivity index (χ0n) is 18.8. The minimum Gasteiger partial charge on any atom is -0.489 e. The van der Waals surface area contributed by atoms with Crippen molar-refractivity contribution in [3.05, 3.63) is 139 Å². The van der Waals surface area contributed by atoms with Crippen LogP contribution in [0.4, 0.5) is 0 Å². The molecule has 0 atom stereocenters. The zero-order valence-corrected chi connectivity index (χ0v) is 18.8. The van der Waals surface area contributed by atoms with Crippen molar-refractivity contribution in [2.75, 3.05) is 0 Å². The van der Waals surface area contributed by atoms with Crippen LogP contribution in [0.25, 0.3) is 43.8 Å². The van der Waals surface area contributed by atoms with Crippen LogP contribution in [0.1, 0.15) is 5.56 Å². The first-order chi connectivity index (χ1) is 16.9. The standard InChI is InChI=1S/C33H24O/c1-3-11-24(12-4-1)23-34-27-21-19-26(20-22-27)33-30-17-9-7-15-28(30)32(25-13-5-2-6-14-25)29-16-8-10-18-31(29)33/h1-22H,23H2. The third-order valence-corrected chi connectivity index (χ3v) is 6.39. The maximum Gasteiger partial charge on any atom is 0.119 e. The second-order valence-corrected chi connectivity index (χ2v) is 8.51. The van der Waals surface area contributed by atoms with Crippen LogP contribution >= 0.6 is 0 Å². The van der Waals surface area contributed by atoms with Crippen LogP contribution in [-0.2, 0) is 6.61 Å². The monoisotopic (exact) mass is 436 g/mol. The smallest absolute Gasteiger partial charge is 0.119 e. The fraction of sp³-hybridized carbons (Fsp3) is 0.0303. The van der Waals surface area contributed by atoms with Crippen molar-refractivity contribution in [2.24, 2.45) is 0 Å². The molecule has 162 valence electrons. The van der Waals surface area contributed by atoms with Crippen LogP contribution in [0.3, 0.4) is 0 Å². The predicted octanol–water partition coefficient (Wildman–Crippen LogP) is 8.91. The average Bonchev–Trinajstić information content (AvgIpc) is 2.92. The Hall–Kier alpha value is -4.36. The van der Waals surface area contributed by atoms with E-state index in [4.69, 9.17) is 4.74 Å². The summed E-state index contributed by atoms with van der Waals surface area (Å²) in [5, 5.41) is 5.06. The van der Waals surface area contributed by atoms with Crippen LogP contribution < -0.4 is 4.74 Å². The van der Waals surface area contributed by atoms with E-state index in [0.717, 1.165) is 5.75 Å². The zero-order chi connectivity index (χ0) is 22.7. The maximum absolute atomic E-state index is 6.03. The van der Waals surface area contributed by atoms with Gasteiger partial charge in [0.25, 0.3) is 0 Å². The lowest BCUT2D eigenvalue weighted by atomic mass is 9.86. The van der Waals surface area contributed by atoms with E-state index in [2.05, 4.69) is 115 Å². The molecule has 0 heterocycles. The van der Waals surface area contributed by atoms with Gasteiger partial charge in [-0.1, -0.05) is 121 Å². The second-order valence-electron chi connectivity index (χ2n) is 8.51. The predicted molar refractivity (Wildman–Crippen MR) is 143 cm³/mol. The first-order valence-electron chi connectivity index (χ1n) is 11.6. The quantitative estimate of drug-likeness (QED) is 0.245. The van der Waals surface area contributed by atoms with E-state index in [1.807, 2.05) is 18.2 Å². The van der Waals surface area contributed by atoms with Crippen LogP contribution in [0.15, 0.2) is 133 Å². The summed E-state index contributed by atoms with van der Waals surface area (Å²) >= 11 is 0. The van der Waals surface area contributed by atoms with E-state index in [1.54, 1.807) is 0 Å². The lowest BCUT2D eigenvalue weighted by Gasteiger charge is -2.18. The van der Waals surface area contributed by atoms with E-state index in [1.165, 1.54) is 49.4 Å². The molecule has 6 aromatic carbocycles. The fourth-order valence-corrected chi connectivity index (χ4v) is 4.81. The van der Waals surface area contributed by atoms with Gasteiger partial charge in [-0.3, -0.25) is 0 Å². The Labute approximate surface area is 199 Å². The molecule has 6 aromatic rings. The van der Waals surface area contributed by atoms with Crippen molar-refractivity contribution in [3.63, 3.8) is 0 Å². The van der Waals surface area contributed by atoms with Gasteiger partial charge in [0.05, 0.1) is 0 Å². The molecule has 0 amide bonds. The Balaban J connectivity index is 1.49. The van der Waals surface area contributed by atoms with Gasteiger partial charge >= 0.3 is 0 Å². The van der Waals surface area contributed by atoms with Crippen LogP contribution in [0, 0.1) is 0 Å². The summed E-state index contributed by atoms with van der Waals surface area (Å²) in [4.78, 5) is 0. The third kappa shape index (κ3) is 3.72. The molecule has 0 bridgehead atoms. The van der Waals surface area contributed by atoms with Gasteiger partial charge in [-0.2, -0.15) is 0 Å². The van der Waals surface area contributed by atoms with Gasteiger partial charge in [0.15, 0.2) is 0 Å². The minimum atomic E-state index is 0.567. The molecule has 0 unspecified atom stereocenters. The Bertz CT molecular complexity index is 1510. The molecule has 1 nitrogen and oxygen atoms in total. The summed E-state index contributed by atoms with van der Waals surface area (Å²) in [6, 6.07) is 47.0. The highest BCUT2D eigenvalue weighted by molar-refractivity contribution is 6.21. The molecular weight excluding hydrogens is 412 g/mol. The number of fused-ring (bicyclic) bond motifs is 2. The first-order valence-corrected chi connectivity index (χ1v) is 11.6. The highest BCUT2D eigenvalue weighted by atomic mass is 16.5. The fourth-order valence-electron chi connectivity index (χ4n) is 4.81. The first kappa shape index (κ1) is 20.3. The minimum absolute atomic E-state index is 0.567. The molecule has 1 heteroatoms. The van der Waals surface area contributed by atoms with Crippen LogP contribution in [0.5, 0.6) is 5.75 Å². The van der Waals surface area contributed by atoms with Crippen molar-refractivity contribution < 1.29 is 4.74 Å². The summed E-state index contributed by atoms with van der Waals surface area (Å²) in [5.41, 5.74) is 6.16. The van der Waals surface area contributed by atoms with Crippen molar-refractivity contribution in [2.45, 2.75) is 6.61 Å². The molecule has 0 saturated heterocycles. The van der Waals surface area contributed by atoms with E-state index < -0.39 is 0 Å². The lowest BCUT2D eigenvalue weighted by molar-refractivity contribution is 0.306. The molecule has 0 aromatic heterocycles. The molecule has 0 spiro atoms. The lowest BCUT2D eigenvalue weighted by Crippen LogP contribution is -1.95. The molecule has 0 aliphatic rings. The Kier molecular flexibility index (Phi) is 5.29. The Morgan fingerprint density at radius 1 is 0.382 bits per heavy atom. The number of rotatable bonds is 5. The molecule has 34 heavy (non-hydrogen) atoms. The van der Waals surface area contributed by atoms with Gasteiger partial charge in [0.2, 0.25) is 0 Å². The number of hydrogen-bond acceptors (Lipinski definition) is 1. The van der Waals surface area contributed by atoms with Crippen molar-refractivity contribution in [3.8, 4) is 28.0 Å². The Morgan fingerprint density at radius 2 is 0.794 bits per heavy atom. The molecule has 0 saturated carbocycles. The summed E-state index contributed by atoms with van der Waals surface area (Å²) in [7, 11) is 0. The molecular formula is C33H24O. The van der Waals surface area contributed by atoms with E-state index in [-0.39, 0.29) is 0 Å². The van der Waals surface area contributed by atoms with Crippen molar-refractivity contribution in [1.29, 1.82) is 0 Å². The van der Waals surface area contributed by atoms with Crippen molar-refractivity contribution in [1.82, 2.24) is 0 Å². The third-order valence-electron chi connectivity index (χ3n) is 6.39. The van der Waals surface area contributed by atoms with E-state index in [9.17, 15) is 0 Å². The van der Waals surface area contributed by atoms with Gasteiger partial charge < -0.3 is 4.74 Å². The highest BCUT2D eigenvalue weighted by Gasteiger charge is 2.16. The van der Waals surface area contributed by atoms with E-state index >= 15 is 0 Å². The molecule has 0 N–H and O–H groups in total. The summed E-state index contributed by atoms with van der Waals surface area (Å²) in [6.07, 6.45) is 0. The van der Waals surface area contributed by atoms with Gasteiger partial charge in [0, 0.05) is 0 Å². The number of hydrogen-bond donors (Lipinski definition) is 0. The van der Waals surface area contributed by atoms with Crippen molar-refractivity contribution >= 4 is 21.5 Å². The van der Waals surface area contributed by atoms with Crippen LogP contribution in [0.2, 0.25) is 0 Å². The van der Waals surface area contributed by atoms with Gasteiger partial charge in [-0.15, -0.1) is 0 Å². The highest BCUT2D eigenvalue weighted by Crippen LogP contribution is 2.43. The molecule has 0 fully saturated rings. The Morgan fingerprint density at radius 3 is 1.29 bits per heavy atom. The largest absolute Gasteiger partial charge is 0.489 e. The molecule has 0 radical (unpaired) electrons. The summed E-state index contributed by atoms with van der Waals surface area (Å²) in [5.74, 6) is 0.877. The van der Waals surface area contributed by atoms with Crippen LogP contribution in [-0.4, -0.2) is 0 Å². The average molecular weight is 437 g/mol. The number of ether oxygens (including phenoxy) is 1. The topological polar surface area (TPSA) is 9.23 Å². The van der Waals surface area contributed by atoms with Gasteiger partial charge in [0.1, 0.15) is 12.4 Å². The van der Waals surface area contributed by atoms with Gasteiger partial charge in [-0.05, 0) is 61.5 Å². The molecule has 0 aliphatic heterocycles. The number of benzene rings is 6. The molecule has 0 aliphatic carbocycles.